The number of nitrogens with one attached hydrogen (secondary N) is 1. The van der Waals surface area contributed by atoms with Crippen molar-refractivity contribution in [1.29, 1.82) is 0 Å². The van der Waals surface area contributed by atoms with E-state index >= 15 is 0 Å². The Morgan fingerprint density at radius 2 is 2.19 bits per heavy atom. The van der Waals surface area contributed by atoms with E-state index in [2.05, 4.69) is 29.1 Å². The number of ether oxygens (including phenoxy) is 3. The van der Waals surface area contributed by atoms with E-state index in [0.717, 1.165) is 18.8 Å². The topological polar surface area (TPSA) is 65.5 Å². The maximum atomic E-state index is 5.95. The second-order valence-electron chi connectivity index (χ2n) is 6.24. The number of nitrogens with zero attached hydrogens (tertiary/aromatic N) is 2. The molecule has 0 saturated carbocycles. The summed E-state index contributed by atoms with van der Waals surface area (Å²) in [6.07, 6.45) is 0.0613. The van der Waals surface area contributed by atoms with Crippen LogP contribution in [0.1, 0.15) is 33.4 Å². The van der Waals surface area contributed by atoms with Gasteiger partial charge in [-0.05, 0) is 34.6 Å². The first-order chi connectivity index (χ1) is 9.84. The fourth-order valence-electron chi connectivity index (χ4n) is 2.21. The number of morpholine rings is 1. The van der Waals surface area contributed by atoms with Crippen LogP contribution in [0.5, 0.6) is 11.9 Å². The Hall–Kier alpha value is -1.40. The molecule has 0 aliphatic carbocycles. The summed E-state index contributed by atoms with van der Waals surface area (Å²) in [4.78, 5) is 8.54. The minimum atomic E-state index is -0.175. The van der Waals surface area contributed by atoms with Crippen molar-refractivity contribution in [3.63, 3.8) is 0 Å². The van der Waals surface area contributed by atoms with Crippen LogP contribution in [0, 0.1) is 6.92 Å². The summed E-state index contributed by atoms with van der Waals surface area (Å²) in [5.41, 5.74) is 0.643. The van der Waals surface area contributed by atoms with Crippen LogP contribution in [0.2, 0.25) is 0 Å². The molecule has 1 N–H and O–H groups in total. The van der Waals surface area contributed by atoms with Crippen molar-refractivity contribution in [2.24, 2.45) is 0 Å². The SMILES string of the molecule is Cc1cc(OC(C)C)nc(OCC2CNCC(C)(C)O2)n1. The van der Waals surface area contributed by atoms with Crippen molar-refractivity contribution in [1.82, 2.24) is 15.3 Å². The van der Waals surface area contributed by atoms with Gasteiger partial charge in [0.05, 0.1) is 11.7 Å². The highest BCUT2D eigenvalue weighted by molar-refractivity contribution is 5.17. The minimum Gasteiger partial charge on any atom is -0.475 e. The molecule has 1 unspecified atom stereocenters. The average Bonchev–Trinajstić information content (AvgIpc) is 2.33. The third-order valence-corrected chi connectivity index (χ3v) is 2.97. The van der Waals surface area contributed by atoms with E-state index in [1.807, 2.05) is 20.8 Å². The van der Waals surface area contributed by atoms with Gasteiger partial charge < -0.3 is 19.5 Å². The van der Waals surface area contributed by atoms with E-state index in [4.69, 9.17) is 14.2 Å². The lowest BCUT2D eigenvalue weighted by atomic mass is 10.1. The largest absolute Gasteiger partial charge is 0.475 e. The highest BCUT2D eigenvalue weighted by atomic mass is 16.6. The summed E-state index contributed by atoms with van der Waals surface area (Å²) in [5, 5.41) is 3.34. The van der Waals surface area contributed by atoms with Gasteiger partial charge in [-0.25, -0.2) is 4.98 Å². The van der Waals surface area contributed by atoms with Gasteiger partial charge in [-0.3, -0.25) is 0 Å². The Kier molecular flexibility index (Phi) is 5.00. The van der Waals surface area contributed by atoms with Gasteiger partial charge in [-0.15, -0.1) is 0 Å². The molecule has 6 heteroatoms. The van der Waals surface area contributed by atoms with Crippen molar-refractivity contribution >= 4 is 0 Å². The Bertz CT molecular complexity index is 477. The molecule has 0 radical (unpaired) electrons. The van der Waals surface area contributed by atoms with Crippen LogP contribution < -0.4 is 14.8 Å². The number of hydrogen-bond donors (Lipinski definition) is 1. The molecule has 1 saturated heterocycles. The summed E-state index contributed by atoms with van der Waals surface area (Å²) >= 11 is 0. The predicted molar refractivity (Wildman–Crippen MR) is 79.8 cm³/mol. The van der Waals surface area contributed by atoms with Gasteiger partial charge in [0.1, 0.15) is 12.7 Å². The van der Waals surface area contributed by atoms with Crippen molar-refractivity contribution < 1.29 is 14.2 Å². The first-order valence-corrected chi connectivity index (χ1v) is 7.38. The first kappa shape index (κ1) is 16.0. The lowest BCUT2D eigenvalue weighted by molar-refractivity contribution is -0.107. The zero-order valence-electron chi connectivity index (χ0n) is 13.5. The van der Waals surface area contributed by atoms with E-state index < -0.39 is 0 Å². The maximum Gasteiger partial charge on any atom is 0.320 e. The molecule has 0 spiro atoms. The van der Waals surface area contributed by atoms with Crippen molar-refractivity contribution in [2.75, 3.05) is 19.7 Å². The molecule has 1 aliphatic rings. The van der Waals surface area contributed by atoms with E-state index in [0.29, 0.717) is 18.5 Å². The Labute approximate surface area is 126 Å². The van der Waals surface area contributed by atoms with Gasteiger partial charge in [-0.2, -0.15) is 4.98 Å². The standard InChI is InChI=1S/C15H25N3O3/c1-10(2)20-13-6-11(3)17-14(18-13)19-8-12-7-16-9-15(4,5)21-12/h6,10,12,16H,7-9H2,1-5H3. The molecule has 118 valence electrons. The monoisotopic (exact) mass is 295 g/mol. The van der Waals surface area contributed by atoms with Gasteiger partial charge >= 0.3 is 6.01 Å². The van der Waals surface area contributed by atoms with Crippen LogP contribution in [0.4, 0.5) is 0 Å². The molecule has 0 bridgehead atoms. The summed E-state index contributed by atoms with van der Waals surface area (Å²) in [7, 11) is 0. The van der Waals surface area contributed by atoms with E-state index in [-0.39, 0.29) is 17.8 Å². The van der Waals surface area contributed by atoms with Crippen LogP contribution in [0.25, 0.3) is 0 Å². The van der Waals surface area contributed by atoms with Crippen molar-refractivity contribution in [3.8, 4) is 11.9 Å². The lowest BCUT2D eigenvalue weighted by Crippen LogP contribution is -2.52. The molecular formula is C15H25N3O3. The predicted octanol–water partition coefficient (Wildman–Crippen LogP) is 1.72. The Balaban J connectivity index is 1.95. The van der Waals surface area contributed by atoms with Crippen LogP contribution in [-0.4, -0.2) is 47.5 Å². The molecule has 2 rings (SSSR count). The summed E-state index contributed by atoms with van der Waals surface area (Å²) < 4.78 is 17.2. The maximum absolute atomic E-state index is 5.95. The quantitative estimate of drug-likeness (QED) is 0.892. The molecule has 1 aromatic rings. The number of hydrogen-bond acceptors (Lipinski definition) is 6. The zero-order chi connectivity index (χ0) is 15.5. The van der Waals surface area contributed by atoms with Gasteiger partial charge in [0.15, 0.2) is 0 Å². The summed E-state index contributed by atoms with van der Waals surface area (Å²) in [5.74, 6) is 0.538. The number of aryl methyl sites for hydroxylation is 1. The Morgan fingerprint density at radius 1 is 1.43 bits per heavy atom. The Morgan fingerprint density at radius 3 is 2.86 bits per heavy atom. The average molecular weight is 295 g/mol. The highest BCUT2D eigenvalue weighted by Crippen LogP contribution is 2.18. The van der Waals surface area contributed by atoms with Gasteiger partial charge in [0.2, 0.25) is 5.88 Å². The normalized spacial score (nSPS) is 21.3. The molecule has 21 heavy (non-hydrogen) atoms. The lowest BCUT2D eigenvalue weighted by Gasteiger charge is -2.36. The molecule has 0 aromatic carbocycles. The van der Waals surface area contributed by atoms with Crippen LogP contribution in [0.3, 0.4) is 0 Å². The second-order valence-corrected chi connectivity index (χ2v) is 6.24. The smallest absolute Gasteiger partial charge is 0.320 e. The van der Waals surface area contributed by atoms with Gasteiger partial charge in [-0.1, -0.05) is 0 Å². The molecule has 1 atom stereocenters. The molecule has 2 heterocycles. The van der Waals surface area contributed by atoms with E-state index in [1.54, 1.807) is 6.07 Å². The third-order valence-electron chi connectivity index (χ3n) is 2.97. The van der Waals surface area contributed by atoms with E-state index in [9.17, 15) is 0 Å². The number of rotatable bonds is 5. The molecule has 0 amide bonds. The third kappa shape index (κ3) is 5.13. The van der Waals surface area contributed by atoms with Crippen LogP contribution in [-0.2, 0) is 4.74 Å². The summed E-state index contributed by atoms with van der Waals surface area (Å²) in [6, 6.07) is 2.13. The molecule has 1 aliphatic heterocycles. The van der Waals surface area contributed by atoms with Gasteiger partial charge in [0, 0.05) is 24.8 Å². The van der Waals surface area contributed by atoms with E-state index in [1.165, 1.54) is 0 Å². The fraction of sp³-hybridized carbons (Fsp3) is 0.733. The fourth-order valence-corrected chi connectivity index (χ4v) is 2.21. The highest BCUT2D eigenvalue weighted by Gasteiger charge is 2.28. The first-order valence-electron chi connectivity index (χ1n) is 7.38. The molecule has 1 fully saturated rings. The van der Waals surface area contributed by atoms with Crippen molar-refractivity contribution in [2.45, 2.75) is 52.4 Å². The molecule has 6 nitrogen and oxygen atoms in total. The van der Waals surface area contributed by atoms with Gasteiger partial charge in [0.25, 0.3) is 0 Å². The van der Waals surface area contributed by atoms with Crippen LogP contribution in [0.15, 0.2) is 6.07 Å². The molecule has 1 aromatic heterocycles. The van der Waals surface area contributed by atoms with Crippen LogP contribution >= 0.6 is 0 Å². The molecular weight excluding hydrogens is 270 g/mol. The number of aromatic nitrogens is 2. The summed E-state index contributed by atoms with van der Waals surface area (Å²) in [6.45, 7) is 12.0. The minimum absolute atomic E-state index is 0.00710. The second kappa shape index (κ2) is 6.58. The van der Waals surface area contributed by atoms with Crippen molar-refractivity contribution in [3.05, 3.63) is 11.8 Å². The zero-order valence-corrected chi connectivity index (χ0v) is 13.5.